The summed E-state index contributed by atoms with van der Waals surface area (Å²) in [6, 6.07) is 9.80. The number of rotatable bonds is 8. The van der Waals surface area contributed by atoms with Gasteiger partial charge in [0, 0.05) is 13.0 Å². The van der Waals surface area contributed by atoms with Gasteiger partial charge in [-0.2, -0.15) is 0 Å². The number of carbonyl (C=O) groups excluding carboxylic acids is 1. The Bertz CT molecular complexity index is 287. The molecule has 3 nitrogen and oxygen atoms in total. The predicted octanol–water partition coefficient (Wildman–Crippen LogP) is 1.98. The lowest BCUT2D eigenvalue weighted by Crippen LogP contribution is -2.25. The average molecular weight is 221 g/mol. The molecule has 1 rings (SSSR count). The Morgan fingerprint density at radius 2 is 2.00 bits per heavy atom. The van der Waals surface area contributed by atoms with Crippen LogP contribution in [0.25, 0.3) is 0 Å². The van der Waals surface area contributed by atoms with Crippen molar-refractivity contribution >= 4 is 6.29 Å². The number of para-hydroxylation sites is 1. The van der Waals surface area contributed by atoms with E-state index in [-0.39, 0.29) is 0 Å². The Kier molecular flexibility index (Phi) is 6.26. The van der Waals surface area contributed by atoms with E-state index in [9.17, 15) is 4.79 Å². The summed E-state index contributed by atoms with van der Waals surface area (Å²) in [5, 5.41) is 0. The quantitative estimate of drug-likeness (QED) is 0.496. The second-order valence-corrected chi connectivity index (χ2v) is 3.77. The summed E-state index contributed by atoms with van der Waals surface area (Å²) in [6.07, 6.45) is 2.53. The Balaban J connectivity index is 2.08. The highest BCUT2D eigenvalue weighted by atomic mass is 16.5. The van der Waals surface area contributed by atoms with Crippen LogP contribution in [-0.4, -0.2) is 37.9 Å². The Hall–Kier alpha value is -1.35. The number of hydrogen-bond acceptors (Lipinski definition) is 3. The van der Waals surface area contributed by atoms with Gasteiger partial charge in [0.1, 0.15) is 18.6 Å². The number of unbranched alkanes of at least 4 members (excludes halogenated alkanes) is 1. The first kappa shape index (κ1) is 12.7. The van der Waals surface area contributed by atoms with Gasteiger partial charge in [-0.25, -0.2) is 0 Å². The molecule has 0 spiro atoms. The summed E-state index contributed by atoms with van der Waals surface area (Å²) in [4.78, 5) is 12.3. The summed E-state index contributed by atoms with van der Waals surface area (Å²) < 4.78 is 5.57. The topological polar surface area (TPSA) is 29.5 Å². The van der Waals surface area contributed by atoms with Crippen LogP contribution in [-0.2, 0) is 4.79 Å². The third-order valence-corrected chi connectivity index (χ3v) is 2.35. The minimum Gasteiger partial charge on any atom is -0.492 e. The van der Waals surface area contributed by atoms with Gasteiger partial charge in [-0.3, -0.25) is 0 Å². The summed E-state index contributed by atoms with van der Waals surface area (Å²) >= 11 is 0. The van der Waals surface area contributed by atoms with Crippen LogP contribution in [0.5, 0.6) is 5.75 Å². The first-order valence-corrected chi connectivity index (χ1v) is 5.63. The predicted molar refractivity (Wildman–Crippen MR) is 64.7 cm³/mol. The normalized spacial score (nSPS) is 10.4. The van der Waals surface area contributed by atoms with Crippen LogP contribution in [0.3, 0.4) is 0 Å². The van der Waals surface area contributed by atoms with E-state index in [0.29, 0.717) is 13.0 Å². The van der Waals surface area contributed by atoms with Crippen molar-refractivity contribution in [1.29, 1.82) is 0 Å². The van der Waals surface area contributed by atoms with Crippen LogP contribution < -0.4 is 4.74 Å². The molecule has 0 aliphatic rings. The summed E-state index contributed by atoms with van der Waals surface area (Å²) in [7, 11) is 2.04. The zero-order chi connectivity index (χ0) is 11.6. The average Bonchev–Trinajstić information content (AvgIpc) is 2.31. The molecule has 88 valence electrons. The van der Waals surface area contributed by atoms with Crippen molar-refractivity contribution in [3.05, 3.63) is 30.3 Å². The highest BCUT2D eigenvalue weighted by molar-refractivity contribution is 5.48. The second kappa shape index (κ2) is 7.88. The monoisotopic (exact) mass is 221 g/mol. The first-order valence-electron chi connectivity index (χ1n) is 5.63. The molecule has 0 atom stereocenters. The Labute approximate surface area is 97.0 Å². The third kappa shape index (κ3) is 5.51. The molecule has 0 saturated carbocycles. The molecule has 0 saturated heterocycles. The molecule has 1 aromatic rings. The highest BCUT2D eigenvalue weighted by Gasteiger charge is 1.98. The fraction of sp³-hybridized carbons (Fsp3) is 0.462. The van der Waals surface area contributed by atoms with E-state index in [4.69, 9.17) is 4.74 Å². The van der Waals surface area contributed by atoms with E-state index >= 15 is 0 Å². The summed E-state index contributed by atoms with van der Waals surface area (Å²) in [6.45, 7) is 2.51. The second-order valence-electron chi connectivity index (χ2n) is 3.77. The van der Waals surface area contributed by atoms with E-state index in [2.05, 4.69) is 4.90 Å². The fourth-order valence-corrected chi connectivity index (χ4v) is 1.39. The maximum atomic E-state index is 10.1. The van der Waals surface area contributed by atoms with Gasteiger partial charge < -0.3 is 14.4 Å². The van der Waals surface area contributed by atoms with Crippen LogP contribution in [0.2, 0.25) is 0 Å². The molecule has 0 amide bonds. The standard InChI is InChI=1S/C13H19NO2/c1-14(9-5-6-11-15)10-12-16-13-7-3-2-4-8-13/h2-4,7-8,11H,5-6,9-10,12H2,1H3. The summed E-state index contributed by atoms with van der Waals surface area (Å²) in [5.74, 6) is 0.906. The van der Waals surface area contributed by atoms with Crippen LogP contribution >= 0.6 is 0 Å². The van der Waals surface area contributed by atoms with Gasteiger partial charge in [-0.1, -0.05) is 18.2 Å². The van der Waals surface area contributed by atoms with Gasteiger partial charge in [0.2, 0.25) is 0 Å². The largest absolute Gasteiger partial charge is 0.492 e. The number of ether oxygens (including phenoxy) is 1. The molecule has 0 N–H and O–H groups in total. The number of carbonyl (C=O) groups is 1. The molecule has 0 heterocycles. The smallest absolute Gasteiger partial charge is 0.120 e. The lowest BCUT2D eigenvalue weighted by molar-refractivity contribution is -0.108. The molecule has 0 aliphatic heterocycles. The molecule has 0 aliphatic carbocycles. The Morgan fingerprint density at radius 3 is 2.69 bits per heavy atom. The number of benzene rings is 1. The third-order valence-electron chi connectivity index (χ3n) is 2.35. The van der Waals surface area contributed by atoms with Crippen LogP contribution in [0.1, 0.15) is 12.8 Å². The van der Waals surface area contributed by atoms with Gasteiger partial charge in [0.05, 0.1) is 0 Å². The van der Waals surface area contributed by atoms with Crippen molar-refractivity contribution < 1.29 is 9.53 Å². The van der Waals surface area contributed by atoms with E-state index in [1.54, 1.807) is 0 Å². The van der Waals surface area contributed by atoms with Gasteiger partial charge >= 0.3 is 0 Å². The minimum absolute atomic E-state index is 0.643. The van der Waals surface area contributed by atoms with E-state index in [1.165, 1.54) is 0 Å². The van der Waals surface area contributed by atoms with Crippen molar-refractivity contribution in [1.82, 2.24) is 4.90 Å². The van der Waals surface area contributed by atoms with Crippen molar-refractivity contribution in [2.45, 2.75) is 12.8 Å². The molecule has 0 aromatic heterocycles. The molecule has 0 fully saturated rings. The molecule has 0 unspecified atom stereocenters. The van der Waals surface area contributed by atoms with Crippen molar-refractivity contribution in [3.8, 4) is 5.75 Å². The SMILES string of the molecule is CN(CCCC=O)CCOc1ccccc1. The molecular weight excluding hydrogens is 202 g/mol. The zero-order valence-electron chi connectivity index (χ0n) is 9.76. The minimum atomic E-state index is 0.643. The van der Waals surface area contributed by atoms with E-state index < -0.39 is 0 Å². The maximum Gasteiger partial charge on any atom is 0.120 e. The van der Waals surface area contributed by atoms with Gasteiger partial charge in [-0.05, 0) is 32.1 Å². The lowest BCUT2D eigenvalue weighted by atomic mass is 10.3. The number of aldehydes is 1. The van der Waals surface area contributed by atoms with Gasteiger partial charge in [-0.15, -0.1) is 0 Å². The molecule has 1 aromatic carbocycles. The molecular formula is C13H19NO2. The van der Waals surface area contributed by atoms with Crippen LogP contribution in [0.4, 0.5) is 0 Å². The Morgan fingerprint density at radius 1 is 1.25 bits per heavy atom. The number of likely N-dealkylation sites (N-methyl/N-ethyl adjacent to an activating group) is 1. The number of hydrogen-bond donors (Lipinski definition) is 0. The molecule has 16 heavy (non-hydrogen) atoms. The van der Waals surface area contributed by atoms with Crippen LogP contribution in [0.15, 0.2) is 30.3 Å². The van der Waals surface area contributed by atoms with Crippen LogP contribution in [0, 0.1) is 0 Å². The van der Waals surface area contributed by atoms with Crippen molar-refractivity contribution in [2.24, 2.45) is 0 Å². The molecule has 0 bridgehead atoms. The van der Waals surface area contributed by atoms with Crippen molar-refractivity contribution in [3.63, 3.8) is 0 Å². The number of nitrogens with zero attached hydrogens (tertiary/aromatic N) is 1. The first-order chi connectivity index (χ1) is 7.83. The van der Waals surface area contributed by atoms with E-state index in [1.807, 2.05) is 37.4 Å². The zero-order valence-corrected chi connectivity index (χ0v) is 9.76. The van der Waals surface area contributed by atoms with E-state index in [0.717, 1.165) is 31.5 Å². The van der Waals surface area contributed by atoms with Gasteiger partial charge in [0.25, 0.3) is 0 Å². The highest BCUT2D eigenvalue weighted by Crippen LogP contribution is 2.07. The van der Waals surface area contributed by atoms with Crippen molar-refractivity contribution in [2.75, 3.05) is 26.7 Å². The maximum absolute atomic E-state index is 10.1. The fourth-order valence-electron chi connectivity index (χ4n) is 1.39. The molecule has 0 radical (unpaired) electrons. The summed E-state index contributed by atoms with van der Waals surface area (Å²) in [5.41, 5.74) is 0. The lowest BCUT2D eigenvalue weighted by Gasteiger charge is -2.16. The van der Waals surface area contributed by atoms with Gasteiger partial charge in [0.15, 0.2) is 0 Å². The molecule has 3 heteroatoms.